The third kappa shape index (κ3) is 2.09. The highest BCUT2D eigenvalue weighted by Gasteiger charge is 2.18. The fourth-order valence-electron chi connectivity index (χ4n) is 2.27. The fourth-order valence-corrected chi connectivity index (χ4v) is 2.27. The molecular formula is C13H14FN3O. The summed E-state index contributed by atoms with van der Waals surface area (Å²) in [4.78, 5) is 15.0. The molecule has 1 atom stereocenters. The lowest BCUT2D eigenvalue weighted by Gasteiger charge is -2.09. The van der Waals surface area contributed by atoms with Crippen LogP contribution in [-0.2, 0) is 0 Å². The molecule has 1 unspecified atom stereocenters. The second-order valence-electron chi connectivity index (χ2n) is 4.58. The molecule has 1 fully saturated rings. The average Bonchev–Trinajstić information content (AvgIpc) is 2.96. The van der Waals surface area contributed by atoms with Gasteiger partial charge in [0.2, 0.25) is 0 Å². The zero-order chi connectivity index (χ0) is 12.5. The molecule has 1 saturated heterocycles. The molecule has 5 heteroatoms. The summed E-state index contributed by atoms with van der Waals surface area (Å²) < 4.78 is 13.1. The predicted octanol–water partition coefficient (Wildman–Crippen LogP) is 1.40. The molecule has 18 heavy (non-hydrogen) atoms. The van der Waals surface area contributed by atoms with Crippen LogP contribution >= 0.6 is 0 Å². The van der Waals surface area contributed by atoms with E-state index in [0.717, 1.165) is 25.0 Å². The van der Waals surface area contributed by atoms with E-state index in [-0.39, 0.29) is 17.8 Å². The number of nitrogens with one attached hydrogen (secondary N) is 3. The lowest BCUT2D eigenvalue weighted by Crippen LogP contribution is -2.36. The number of benzene rings is 1. The van der Waals surface area contributed by atoms with Crippen LogP contribution in [0.4, 0.5) is 4.39 Å². The van der Waals surface area contributed by atoms with Gasteiger partial charge in [-0.25, -0.2) is 4.39 Å². The van der Waals surface area contributed by atoms with Crippen molar-refractivity contribution >= 4 is 16.8 Å². The molecular weight excluding hydrogens is 233 g/mol. The van der Waals surface area contributed by atoms with Gasteiger partial charge in [-0.3, -0.25) is 4.79 Å². The normalized spacial score (nSPS) is 19.3. The monoisotopic (exact) mass is 247 g/mol. The van der Waals surface area contributed by atoms with Gasteiger partial charge >= 0.3 is 0 Å². The van der Waals surface area contributed by atoms with Gasteiger partial charge in [0.25, 0.3) is 5.91 Å². The van der Waals surface area contributed by atoms with Gasteiger partial charge in [-0.05, 0) is 37.2 Å². The Labute approximate surface area is 104 Å². The van der Waals surface area contributed by atoms with E-state index >= 15 is 0 Å². The Hall–Kier alpha value is -1.88. The number of amides is 1. The minimum atomic E-state index is -0.298. The quantitative estimate of drug-likeness (QED) is 0.751. The summed E-state index contributed by atoms with van der Waals surface area (Å²) in [6.07, 6.45) is 0.945. The molecule has 1 aromatic carbocycles. The van der Waals surface area contributed by atoms with Gasteiger partial charge in [-0.2, -0.15) is 0 Å². The van der Waals surface area contributed by atoms with Crippen LogP contribution in [0.25, 0.3) is 10.9 Å². The van der Waals surface area contributed by atoms with Gasteiger partial charge < -0.3 is 15.6 Å². The van der Waals surface area contributed by atoms with E-state index in [4.69, 9.17) is 0 Å². The van der Waals surface area contributed by atoms with E-state index in [9.17, 15) is 9.18 Å². The van der Waals surface area contributed by atoms with Crippen LogP contribution in [0.5, 0.6) is 0 Å². The largest absolute Gasteiger partial charge is 0.351 e. The summed E-state index contributed by atoms with van der Waals surface area (Å²) in [5.41, 5.74) is 1.24. The lowest BCUT2D eigenvalue weighted by molar-refractivity contribution is 0.0936. The zero-order valence-electron chi connectivity index (χ0n) is 9.79. The van der Waals surface area contributed by atoms with Crippen molar-refractivity contribution < 1.29 is 9.18 Å². The molecule has 1 amide bonds. The Morgan fingerprint density at radius 3 is 3.06 bits per heavy atom. The van der Waals surface area contributed by atoms with Crippen LogP contribution in [0.1, 0.15) is 16.9 Å². The predicted molar refractivity (Wildman–Crippen MR) is 67.0 cm³/mol. The number of H-pyrrole nitrogens is 1. The first-order chi connectivity index (χ1) is 8.72. The van der Waals surface area contributed by atoms with Gasteiger partial charge in [0, 0.05) is 23.5 Å². The highest BCUT2D eigenvalue weighted by Crippen LogP contribution is 2.16. The van der Waals surface area contributed by atoms with Crippen LogP contribution in [0.3, 0.4) is 0 Å². The number of hydrogen-bond acceptors (Lipinski definition) is 2. The molecule has 0 aliphatic carbocycles. The zero-order valence-corrected chi connectivity index (χ0v) is 9.79. The first kappa shape index (κ1) is 11.2. The maximum absolute atomic E-state index is 13.1. The van der Waals surface area contributed by atoms with Crippen molar-refractivity contribution in [1.29, 1.82) is 0 Å². The molecule has 1 aliphatic rings. The average molecular weight is 247 g/mol. The fraction of sp³-hybridized carbons (Fsp3) is 0.308. The van der Waals surface area contributed by atoms with Crippen LogP contribution in [0.2, 0.25) is 0 Å². The molecule has 0 spiro atoms. The molecule has 0 bridgehead atoms. The van der Waals surface area contributed by atoms with Crippen molar-refractivity contribution in [1.82, 2.24) is 15.6 Å². The number of rotatable bonds is 2. The highest BCUT2D eigenvalue weighted by atomic mass is 19.1. The third-order valence-electron chi connectivity index (χ3n) is 3.22. The Kier molecular flexibility index (Phi) is 2.76. The van der Waals surface area contributed by atoms with E-state index < -0.39 is 0 Å². The van der Waals surface area contributed by atoms with E-state index in [1.54, 1.807) is 12.1 Å². The number of carbonyl (C=O) groups is 1. The molecule has 2 heterocycles. The minimum absolute atomic E-state index is 0.139. The van der Waals surface area contributed by atoms with Crippen LogP contribution in [0.15, 0.2) is 24.3 Å². The van der Waals surface area contributed by atoms with Crippen molar-refractivity contribution in [2.75, 3.05) is 13.1 Å². The highest BCUT2D eigenvalue weighted by molar-refractivity contribution is 5.98. The van der Waals surface area contributed by atoms with Crippen molar-refractivity contribution in [2.24, 2.45) is 0 Å². The molecule has 3 N–H and O–H groups in total. The van der Waals surface area contributed by atoms with Crippen molar-refractivity contribution in [3.05, 3.63) is 35.8 Å². The van der Waals surface area contributed by atoms with E-state index in [2.05, 4.69) is 15.6 Å². The maximum Gasteiger partial charge on any atom is 0.267 e. The molecule has 94 valence electrons. The number of carbonyl (C=O) groups excluding carboxylic acids is 1. The Morgan fingerprint density at radius 2 is 2.28 bits per heavy atom. The maximum atomic E-state index is 13.1. The van der Waals surface area contributed by atoms with Crippen LogP contribution < -0.4 is 10.6 Å². The third-order valence-corrected chi connectivity index (χ3v) is 3.22. The van der Waals surface area contributed by atoms with Gasteiger partial charge in [0.1, 0.15) is 11.5 Å². The summed E-state index contributed by atoms with van der Waals surface area (Å²) in [7, 11) is 0. The topological polar surface area (TPSA) is 56.9 Å². The Balaban J connectivity index is 1.82. The first-order valence-corrected chi connectivity index (χ1v) is 6.02. The summed E-state index contributed by atoms with van der Waals surface area (Å²) >= 11 is 0. The van der Waals surface area contributed by atoms with Crippen LogP contribution in [0, 0.1) is 5.82 Å². The lowest BCUT2D eigenvalue weighted by atomic mass is 10.2. The van der Waals surface area contributed by atoms with Gasteiger partial charge in [-0.15, -0.1) is 0 Å². The van der Waals surface area contributed by atoms with Gasteiger partial charge in [0.05, 0.1) is 0 Å². The second kappa shape index (κ2) is 4.42. The second-order valence-corrected chi connectivity index (χ2v) is 4.58. The summed E-state index contributed by atoms with van der Waals surface area (Å²) in [6, 6.07) is 6.29. The number of hydrogen-bond donors (Lipinski definition) is 3. The first-order valence-electron chi connectivity index (χ1n) is 6.02. The SMILES string of the molecule is O=C(NC1CCNC1)c1cc2cc(F)ccc2[nH]1. The van der Waals surface area contributed by atoms with Gasteiger partial charge in [0.15, 0.2) is 0 Å². The summed E-state index contributed by atoms with van der Waals surface area (Å²) in [5, 5.41) is 6.85. The molecule has 2 aromatic rings. The summed E-state index contributed by atoms with van der Waals surface area (Å²) in [5.74, 6) is -0.436. The standard InChI is InChI=1S/C13H14FN3O/c14-9-1-2-11-8(5-9)6-12(17-11)13(18)16-10-3-4-15-7-10/h1-2,5-6,10,15,17H,3-4,7H2,(H,16,18). The number of aromatic amines is 1. The number of halogens is 1. The van der Waals surface area contributed by atoms with Gasteiger partial charge in [-0.1, -0.05) is 0 Å². The summed E-state index contributed by atoms with van der Waals surface area (Å²) in [6.45, 7) is 1.74. The Morgan fingerprint density at radius 1 is 1.39 bits per heavy atom. The van der Waals surface area contributed by atoms with Crippen molar-refractivity contribution in [2.45, 2.75) is 12.5 Å². The minimum Gasteiger partial charge on any atom is -0.351 e. The van der Waals surface area contributed by atoms with Crippen LogP contribution in [-0.4, -0.2) is 30.0 Å². The Bertz CT molecular complexity index is 587. The van der Waals surface area contributed by atoms with Crippen molar-refractivity contribution in [3.8, 4) is 0 Å². The van der Waals surface area contributed by atoms with E-state index in [1.165, 1.54) is 12.1 Å². The molecule has 0 saturated carbocycles. The molecule has 1 aromatic heterocycles. The number of aromatic nitrogens is 1. The van der Waals surface area contributed by atoms with E-state index in [1.807, 2.05) is 0 Å². The number of fused-ring (bicyclic) bond motifs is 1. The molecule has 4 nitrogen and oxygen atoms in total. The molecule has 1 aliphatic heterocycles. The van der Waals surface area contributed by atoms with Crippen molar-refractivity contribution in [3.63, 3.8) is 0 Å². The molecule has 3 rings (SSSR count). The molecule has 0 radical (unpaired) electrons. The van der Waals surface area contributed by atoms with E-state index in [0.29, 0.717) is 11.1 Å². The smallest absolute Gasteiger partial charge is 0.267 e.